The van der Waals surface area contributed by atoms with Gasteiger partial charge in [0.15, 0.2) is 0 Å². The molecule has 1 N–H and O–H groups in total. The maximum atomic E-state index is 4.85. The van der Waals surface area contributed by atoms with Crippen molar-refractivity contribution in [3.8, 4) is 0 Å². The predicted octanol–water partition coefficient (Wildman–Crippen LogP) is 2.84. The van der Waals surface area contributed by atoms with Crippen molar-refractivity contribution in [1.82, 2.24) is 10.3 Å². The Bertz CT molecular complexity index is 316. The highest BCUT2D eigenvalue weighted by molar-refractivity contribution is 7.11. The van der Waals surface area contributed by atoms with E-state index in [2.05, 4.69) is 5.32 Å². The second-order valence-electron chi connectivity index (χ2n) is 4.68. The Morgan fingerprint density at radius 3 is 2.87 bits per heavy atom. The predicted molar refractivity (Wildman–Crippen MR) is 63.4 cm³/mol. The molecule has 2 heterocycles. The fourth-order valence-electron chi connectivity index (χ4n) is 2.67. The number of hydrogen-bond donors (Lipinski definition) is 1. The van der Waals surface area contributed by atoms with Gasteiger partial charge in [0.1, 0.15) is 0 Å². The third-order valence-electron chi connectivity index (χ3n) is 3.57. The van der Waals surface area contributed by atoms with Crippen LogP contribution in [-0.2, 0) is 13.0 Å². The number of thiazole rings is 1. The third kappa shape index (κ3) is 1.95. The number of hydrogen-bond acceptors (Lipinski definition) is 3. The van der Waals surface area contributed by atoms with Crippen molar-refractivity contribution in [3.05, 3.63) is 15.6 Å². The van der Waals surface area contributed by atoms with Crippen LogP contribution < -0.4 is 5.32 Å². The lowest BCUT2D eigenvalue weighted by Gasteiger charge is -2.18. The van der Waals surface area contributed by atoms with E-state index in [1.54, 1.807) is 0 Å². The summed E-state index contributed by atoms with van der Waals surface area (Å²) in [5.41, 5.74) is 1.39. The molecule has 1 fully saturated rings. The first kappa shape index (κ1) is 9.79. The van der Waals surface area contributed by atoms with E-state index in [1.807, 2.05) is 11.3 Å². The zero-order chi connectivity index (χ0) is 10.1. The molecule has 0 atom stereocenters. The van der Waals surface area contributed by atoms with Crippen molar-refractivity contribution in [3.63, 3.8) is 0 Å². The quantitative estimate of drug-likeness (QED) is 0.790. The van der Waals surface area contributed by atoms with Crippen LogP contribution in [0.1, 0.15) is 53.6 Å². The standard InChI is InChI=1S/C12H18N2S/c1-2-4-9(5-3-1)12-14-10-6-7-13-8-11(10)15-12/h9,13H,1-8H2. The summed E-state index contributed by atoms with van der Waals surface area (Å²) in [4.78, 5) is 6.35. The summed E-state index contributed by atoms with van der Waals surface area (Å²) in [6.45, 7) is 2.17. The average molecular weight is 222 g/mol. The van der Waals surface area contributed by atoms with Gasteiger partial charge in [-0.3, -0.25) is 0 Å². The summed E-state index contributed by atoms with van der Waals surface area (Å²) in [6, 6.07) is 0. The fourth-order valence-corrected chi connectivity index (χ4v) is 3.92. The van der Waals surface area contributed by atoms with Crippen LogP contribution in [0.15, 0.2) is 0 Å². The molecule has 0 bridgehead atoms. The molecule has 15 heavy (non-hydrogen) atoms. The molecule has 2 aliphatic rings. The van der Waals surface area contributed by atoms with Crippen molar-refractivity contribution in [1.29, 1.82) is 0 Å². The van der Waals surface area contributed by atoms with Gasteiger partial charge >= 0.3 is 0 Å². The maximum Gasteiger partial charge on any atom is 0.0962 e. The van der Waals surface area contributed by atoms with Crippen molar-refractivity contribution < 1.29 is 0 Å². The van der Waals surface area contributed by atoms with Crippen molar-refractivity contribution in [2.75, 3.05) is 6.54 Å². The van der Waals surface area contributed by atoms with Gasteiger partial charge in [0, 0.05) is 30.3 Å². The van der Waals surface area contributed by atoms with Gasteiger partial charge in [-0.25, -0.2) is 4.98 Å². The molecule has 1 aromatic rings. The molecule has 0 radical (unpaired) electrons. The Morgan fingerprint density at radius 1 is 1.20 bits per heavy atom. The lowest BCUT2D eigenvalue weighted by Crippen LogP contribution is -2.22. The highest BCUT2D eigenvalue weighted by atomic mass is 32.1. The summed E-state index contributed by atoms with van der Waals surface area (Å²) in [5, 5.41) is 4.86. The lowest BCUT2D eigenvalue weighted by atomic mass is 9.90. The molecule has 0 saturated heterocycles. The van der Waals surface area contributed by atoms with Gasteiger partial charge in [0.2, 0.25) is 0 Å². The van der Waals surface area contributed by atoms with Crippen LogP contribution in [0.4, 0.5) is 0 Å². The summed E-state index contributed by atoms with van der Waals surface area (Å²) in [7, 11) is 0. The van der Waals surface area contributed by atoms with Crippen LogP contribution >= 0.6 is 11.3 Å². The molecule has 82 valence electrons. The van der Waals surface area contributed by atoms with E-state index in [9.17, 15) is 0 Å². The Morgan fingerprint density at radius 2 is 2.07 bits per heavy atom. The van der Waals surface area contributed by atoms with Crippen molar-refractivity contribution >= 4 is 11.3 Å². The molecular weight excluding hydrogens is 204 g/mol. The number of fused-ring (bicyclic) bond motifs is 1. The summed E-state index contributed by atoms with van der Waals surface area (Å²) < 4.78 is 0. The van der Waals surface area contributed by atoms with Crippen LogP contribution in [0, 0.1) is 0 Å². The van der Waals surface area contributed by atoms with Crippen molar-refractivity contribution in [2.24, 2.45) is 0 Å². The second kappa shape index (κ2) is 4.22. The van der Waals surface area contributed by atoms with Gasteiger partial charge < -0.3 is 5.32 Å². The van der Waals surface area contributed by atoms with Gasteiger partial charge in [-0.1, -0.05) is 19.3 Å². The summed E-state index contributed by atoms with van der Waals surface area (Å²) >= 11 is 1.97. The molecule has 0 amide bonds. The van der Waals surface area contributed by atoms with Gasteiger partial charge in [-0.05, 0) is 12.8 Å². The van der Waals surface area contributed by atoms with Crippen LogP contribution in [-0.4, -0.2) is 11.5 Å². The van der Waals surface area contributed by atoms with E-state index in [0.717, 1.165) is 25.4 Å². The molecule has 1 aliphatic heterocycles. The van der Waals surface area contributed by atoms with E-state index >= 15 is 0 Å². The molecule has 0 spiro atoms. The first-order chi connectivity index (χ1) is 7.43. The third-order valence-corrected chi connectivity index (χ3v) is 4.83. The number of nitrogens with zero attached hydrogens (tertiary/aromatic N) is 1. The number of aromatic nitrogens is 1. The van der Waals surface area contributed by atoms with Gasteiger partial charge in [-0.15, -0.1) is 11.3 Å². The minimum atomic E-state index is 0.786. The van der Waals surface area contributed by atoms with Gasteiger partial charge in [-0.2, -0.15) is 0 Å². The van der Waals surface area contributed by atoms with Crippen molar-refractivity contribution in [2.45, 2.75) is 51.0 Å². The molecule has 1 aliphatic carbocycles. The minimum absolute atomic E-state index is 0.786. The molecule has 0 unspecified atom stereocenters. The highest BCUT2D eigenvalue weighted by Crippen LogP contribution is 2.36. The highest BCUT2D eigenvalue weighted by Gasteiger charge is 2.22. The molecule has 1 saturated carbocycles. The molecule has 3 heteroatoms. The first-order valence-electron chi connectivity index (χ1n) is 6.12. The van der Waals surface area contributed by atoms with Crippen LogP contribution in [0.5, 0.6) is 0 Å². The van der Waals surface area contributed by atoms with E-state index in [4.69, 9.17) is 4.98 Å². The first-order valence-corrected chi connectivity index (χ1v) is 6.94. The van der Waals surface area contributed by atoms with Crippen LogP contribution in [0.25, 0.3) is 0 Å². The Labute approximate surface area is 95.1 Å². The maximum absolute atomic E-state index is 4.85. The fraction of sp³-hybridized carbons (Fsp3) is 0.750. The molecule has 2 nitrogen and oxygen atoms in total. The van der Waals surface area contributed by atoms with Gasteiger partial charge in [0.25, 0.3) is 0 Å². The minimum Gasteiger partial charge on any atom is -0.311 e. The zero-order valence-corrected chi connectivity index (χ0v) is 9.91. The average Bonchev–Trinajstić information content (AvgIpc) is 2.74. The topological polar surface area (TPSA) is 24.9 Å². The number of rotatable bonds is 1. The Hall–Kier alpha value is -0.410. The molecular formula is C12H18N2S. The summed E-state index contributed by atoms with van der Waals surface area (Å²) in [5.74, 6) is 0.786. The van der Waals surface area contributed by atoms with E-state index in [-0.39, 0.29) is 0 Å². The molecule has 1 aromatic heterocycles. The zero-order valence-electron chi connectivity index (χ0n) is 9.09. The monoisotopic (exact) mass is 222 g/mol. The second-order valence-corrected chi connectivity index (χ2v) is 5.80. The normalized spacial score (nSPS) is 22.7. The molecule has 0 aromatic carbocycles. The van der Waals surface area contributed by atoms with E-state index in [1.165, 1.54) is 47.7 Å². The SMILES string of the molecule is C1CCC(c2nc3c(s2)CNCC3)CC1. The smallest absolute Gasteiger partial charge is 0.0962 e. The lowest BCUT2D eigenvalue weighted by molar-refractivity contribution is 0.441. The summed E-state index contributed by atoms with van der Waals surface area (Å²) in [6.07, 6.45) is 8.14. The largest absolute Gasteiger partial charge is 0.311 e. The van der Waals surface area contributed by atoms with E-state index in [0.29, 0.717) is 0 Å². The number of nitrogens with one attached hydrogen (secondary N) is 1. The molecule has 3 rings (SSSR count). The van der Waals surface area contributed by atoms with Crippen LogP contribution in [0.3, 0.4) is 0 Å². The Kier molecular flexibility index (Phi) is 2.76. The van der Waals surface area contributed by atoms with E-state index < -0.39 is 0 Å². The van der Waals surface area contributed by atoms with Crippen LogP contribution in [0.2, 0.25) is 0 Å². The van der Waals surface area contributed by atoms with Gasteiger partial charge in [0.05, 0.1) is 10.7 Å². The Balaban J connectivity index is 1.82.